The summed E-state index contributed by atoms with van der Waals surface area (Å²) in [7, 11) is 7.05. The Hall–Kier alpha value is -0.613. The molecule has 58 valence electrons. The first-order valence-electron chi connectivity index (χ1n) is 3.15. The van der Waals surface area contributed by atoms with E-state index in [4.69, 9.17) is 0 Å². The summed E-state index contributed by atoms with van der Waals surface area (Å²) in [6.07, 6.45) is 5.55. The molecule has 0 bridgehead atoms. The highest BCUT2D eigenvalue weighted by Gasteiger charge is 1.69. The molecule has 1 aromatic rings. The van der Waals surface area contributed by atoms with Gasteiger partial charge in [0.1, 0.15) is 10.4 Å². The maximum atomic E-state index is 3.82. The molecule has 0 unspecified atom stereocenters. The first-order chi connectivity index (χ1) is 4.63. The Bertz CT molecular complexity index is 145. The molecule has 0 aliphatic carbocycles. The van der Waals surface area contributed by atoms with Crippen LogP contribution < -0.4 is 0 Å². The Labute approximate surface area is 65.2 Å². The molecule has 0 saturated carbocycles. The van der Waals surface area contributed by atoms with Gasteiger partial charge in [-0.15, -0.1) is 0 Å². The lowest BCUT2D eigenvalue weighted by molar-refractivity contribution is 0.505. The van der Waals surface area contributed by atoms with Crippen LogP contribution >= 0.6 is 0 Å². The molecule has 0 aliphatic heterocycles. The lowest BCUT2D eigenvalue weighted by Crippen LogP contribution is -1.99. The number of hydrogen-bond acceptors (Lipinski definition) is 2. The van der Waals surface area contributed by atoms with Gasteiger partial charge in [0.25, 0.3) is 0 Å². The zero-order valence-corrected chi connectivity index (χ0v) is 9.07. The Balaban J connectivity index is 0.000000180. The van der Waals surface area contributed by atoms with E-state index >= 15 is 0 Å². The van der Waals surface area contributed by atoms with Crippen molar-refractivity contribution in [2.75, 3.05) is 21.1 Å². The molecule has 10 heavy (non-hydrogen) atoms. The van der Waals surface area contributed by atoms with Gasteiger partial charge in [0.15, 0.2) is 0 Å². The number of hydrogen-bond donors (Lipinski definition) is 0. The van der Waals surface area contributed by atoms with Gasteiger partial charge in [-0.3, -0.25) is 0 Å². The van der Waals surface area contributed by atoms with Gasteiger partial charge in [0.05, 0.1) is 6.33 Å². The fraction of sp³-hybridized carbons (Fsp3) is 0.500. The second-order valence-corrected chi connectivity index (χ2v) is 3.60. The molecule has 0 atom stereocenters. The third kappa shape index (κ3) is 7.39. The molecule has 0 N–H and O–H groups in total. The van der Waals surface area contributed by atoms with Crippen LogP contribution in [0.15, 0.2) is 18.7 Å². The molecule has 4 heteroatoms. The van der Waals surface area contributed by atoms with Crippen LogP contribution in [0.3, 0.4) is 0 Å². The van der Waals surface area contributed by atoms with Crippen molar-refractivity contribution in [1.82, 2.24) is 14.1 Å². The van der Waals surface area contributed by atoms with Crippen LogP contribution in [0.2, 0.25) is 0 Å². The Morgan fingerprint density at radius 3 is 2.00 bits per heavy atom. The Morgan fingerprint density at radius 2 is 1.90 bits per heavy atom. The minimum absolute atomic E-state index is 1.05. The molecule has 0 amide bonds. The first-order valence-corrected chi connectivity index (χ1v) is 4.05. The molecule has 0 saturated heterocycles. The van der Waals surface area contributed by atoms with Gasteiger partial charge < -0.3 is 9.13 Å². The first kappa shape index (κ1) is 9.39. The molecule has 3 nitrogen and oxygen atoms in total. The lowest BCUT2D eigenvalue weighted by atomic mass is 11.0. The SMILES string of the molecule is CN(C)C.[SiH3]n1ccnc1. The van der Waals surface area contributed by atoms with Crippen molar-refractivity contribution in [2.24, 2.45) is 0 Å². The van der Waals surface area contributed by atoms with Crippen molar-refractivity contribution >= 4 is 10.4 Å². The average molecular weight is 157 g/mol. The van der Waals surface area contributed by atoms with Crippen molar-refractivity contribution in [1.29, 1.82) is 0 Å². The minimum atomic E-state index is 1.05. The Morgan fingerprint density at radius 1 is 1.40 bits per heavy atom. The van der Waals surface area contributed by atoms with Crippen LogP contribution in [0.25, 0.3) is 0 Å². The van der Waals surface area contributed by atoms with E-state index in [-0.39, 0.29) is 0 Å². The van der Waals surface area contributed by atoms with Gasteiger partial charge in [-0.25, -0.2) is 4.98 Å². The summed E-state index contributed by atoms with van der Waals surface area (Å²) in [6, 6.07) is 0. The molecule has 1 rings (SSSR count). The van der Waals surface area contributed by atoms with Crippen molar-refractivity contribution in [2.45, 2.75) is 0 Å². The highest BCUT2D eigenvalue weighted by atomic mass is 28.2. The third-order valence-corrected chi connectivity index (χ3v) is 1.17. The number of aromatic nitrogens is 2. The quantitative estimate of drug-likeness (QED) is 0.459. The monoisotopic (exact) mass is 157 g/mol. The summed E-state index contributed by atoms with van der Waals surface area (Å²) < 4.78 is 2.03. The van der Waals surface area contributed by atoms with E-state index < -0.39 is 0 Å². The molecule has 0 aromatic carbocycles. The summed E-state index contributed by atoms with van der Waals surface area (Å²) in [5.41, 5.74) is 0. The van der Waals surface area contributed by atoms with Crippen molar-refractivity contribution in [3.05, 3.63) is 18.7 Å². The highest BCUT2D eigenvalue weighted by Crippen LogP contribution is 1.72. The average Bonchev–Trinajstić information content (AvgIpc) is 2.15. The third-order valence-electron chi connectivity index (χ3n) is 0.637. The van der Waals surface area contributed by atoms with Gasteiger partial charge in [0.2, 0.25) is 0 Å². The number of nitrogens with zero attached hydrogens (tertiary/aromatic N) is 3. The predicted octanol–water partition coefficient (Wildman–Crippen LogP) is -0.811. The second kappa shape index (κ2) is 5.19. The summed E-state index contributed by atoms with van der Waals surface area (Å²) in [4.78, 5) is 5.82. The summed E-state index contributed by atoms with van der Waals surface area (Å²) in [5.74, 6) is 0. The molecular weight excluding hydrogens is 142 g/mol. The van der Waals surface area contributed by atoms with Gasteiger partial charge >= 0.3 is 0 Å². The van der Waals surface area contributed by atoms with E-state index in [0.717, 1.165) is 10.4 Å². The molecule has 1 heterocycles. The minimum Gasteiger partial charge on any atom is -0.374 e. The van der Waals surface area contributed by atoms with E-state index in [1.807, 2.05) is 42.8 Å². The maximum absolute atomic E-state index is 3.82. The second-order valence-electron chi connectivity index (χ2n) is 2.57. The van der Waals surface area contributed by atoms with Crippen LogP contribution in [0, 0.1) is 0 Å². The van der Waals surface area contributed by atoms with Crippen LogP contribution in [-0.2, 0) is 0 Å². The van der Waals surface area contributed by atoms with Crippen molar-refractivity contribution < 1.29 is 0 Å². The zero-order chi connectivity index (χ0) is 7.98. The molecule has 0 fully saturated rings. The summed E-state index contributed by atoms with van der Waals surface area (Å²) in [5, 5.41) is 0. The molecule has 0 radical (unpaired) electrons. The van der Waals surface area contributed by atoms with Crippen molar-refractivity contribution in [3.8, 4) is 0 Å². The molecule has 1 aromatic heterocycles. The Kier molecular flexibility index (Phi) is 4.88. The van der Waals surface area contributed by atoms with Crippen molar-refractivity contribution in [3.63, 3.8) is 0 Å². The zero-order valence-electron chi connectivity index (χ0n) is 7.07. The number of imidazole rings is 1. The van der Waals surface area contributed by atoms with E-state index in [2.05, 4.69) is 4.98 Å². The molecule has 0 aliphatic rings. The normalized spacial score (nSPS) is 9.20. The van der Waals surface area contributed by atoms with Crippen LogP contribution in [-0.4, -0.2) is 45.7 Å². The summed E-state index contributed by atoms with van der Waals surface area (Å²) >= 11 is 0. The van der Waals surface area contributed by atoms with Crippen LogP contribution in [0.1, 0.15) is 0 Å². The van der Waals surface area contributed by atoms with Gasteiger partial charge in [-0.2, -0.15) is 0 Å². The van der Waals surface area contributed by atoms with E-state index in [1.165, 1.54) is 0 Å². The lowest BCUT2D eigenvalue weighted by Gasteiger charge is -1.90. The topological polar surface area (TPSA) is 21.1 Å². The summed E-state index contributed by atoms with van der Waals surface area (Å²) in [6.45, 7) is 0. The standard InChI is InChI=1S/C3H6N2Si.C3H9N/c6-5-2-1-4-3-5;1-4(2)3/h1-3H,6H3;1-3H3. The largest absolute Gasteiger partial charge is 0.374 e. The van der Waals surface area contributed by atoms with Gasteiger partial charge in [0, 0.05) is 12.4 Å². The smallest absolute Gasteiger partial charge is 0.114 e. The number of rotatable bonds is 0. The maximum Gasteiger partial charge on any atom is 0.114 e. The van der Waals surface area contributed by atoms with Gasteiger partial charge in [-0.1, -0.05) is 0 Å². The fourth-order valence-corrected chi connectivity index (χ4v) is 0.592. The van der Waals surface area contributed by atoms with Crippen LogP contribution in [0.4, 0.5) is 0 Å². The van der Waals surface area contributed by atoms with Crippen LogP contribution in [0.5, 0.6) is 0 Å². The van der Waals surface area contributed by atoms with E-state index in [9.17, 15) is 0 Å². The molecular formula is C6H15N3Si. The predicted molar refractivity (Wildman–Crippen MR) is 47.2 cm³/mol. The highest BCUT2D eigenvalue weighted by molar-refractivity contribution is 6.06. The molecule has 0 spiro atoms. The van der Waals surface area contributed by atoms with E-state index in [0.29, 0.717) is 0 Å². The fourth-order valence-electron chi connectivity index (χ4n) is 0.326. The van der Waals surface area contributed by atoms with Gasteiger partial charge in [-0.05, 0) is 21.1 Å². The van der Waals surface area contributed by atoms with E-state index in [1.54, 1.807) is 6.20 Å².